The van der Waals surface area contributed by atoms with Crippen LogP contribution in [0.2, 0.25) is 0 Å². The van der Waals surface area contributed by atoms with Crippen molar-refractivity contribution in [1.82, 2.24) is 14.0 Å². The predicted molar refractivity (Wildman–Crippen MR) is 76.4 cm³/mol. The van der Waals surface area contributed by atoms with Crippen molar-refractivity contribution in [3.8, 4) is 11.4 Å². The van der Waals surface area contributed by atoms with Gasteiger partial charge in [-0.05, 0) is 18.2 Å². The number of hydrogen-bond acceptors (Lipinski definition) is 1. The Labute approximate surface area is 119 Å². The molecule has 0 saturated carbocycles. The summed E-state index contributed by atoms with van der Waals surface area (Å²) >= 11 is 0. The molecule has 0 atom stereocenters. The van der Waals surface area contributed by atoms with E-state index in [9.17, 15) is 0 Å². The van der Waals surface area contributed by atoms with Gasteiger partial charge in [-0.15, -0.1) is 0 Å². The topological polar surface area (TPSA) is 26.1 Å². The smallest absolute Gasteiger partial charge is 0.264 e. The molecule has 0 bridgehead atoms. The van der Waals surface area contributed by atoms with Crippen molar-refractivity contribution in [3.05, 3.63) is 54.5 Å². The lowest BCUT2D eigenvalue weighted by atomic mass is 10.2. The molecule has 4 nitrogen and oxygen atoms in total. The molecular weight excluding hydrogens is 248 g/mol. The van der Waals surface area contributed by atoms with Crippen LogP contribution in [0.1, 0.15) is 9.68 Å². The van der Waals surface area contributed by atoms with Gasteiger partial charge in [0.25, 0.3) is 5.65 Å². The molecule has 4 aromatic heterocycles. The van der Waals surface area contributed by atoms with Gasteiger partial charge in [0.15, 0.2) is 5.52 Å². The predicted octanol–water partition coefficient (Wildman–Crippen LogP) is 2.14. The Morgan fingerprint density at radius 1 is 1.35 bits per heavy atom. The lowest BCUT2D eigenvalue weighted by Crippen LogP contribution is -2.32. The van der Waals surface area contributed by atoms with Gasteiger partial charge in [-0.2, -0.15) is 0 Å². The number of aryl methyl sites for hydroxylation is 1. The SMILES string of the molecule is [2H]C([2H])([2H])n1c2[n+](c3c1cc1ccccn13)Cc1cnccc1-2. The van der Waals surface area contributed by atoms with Crippen LogP contribution in [0.4, 0.5) is 0 Å². The zero-order valence-electron chi connectivity index (χ0n) is 13.6. The maximum atomic E-state index is 8.01. The van der Waals surface area contributed by atoms with Crippen molar-refractivity contribution in [2.24, 2.45) is 6.98 Å². The molecule has 96 valence electrons. The molecule has 0 aliphatic carbocycles. The van der Waals surface area contributed by atoms with Crippen molar-refractivity contribution in [2.75, 3.05) is 0 Å². The standard InChI is InChI=1S/C16H13N4/c1-18-14-8-12-4-2-3-7-19(12)16(14)20-10-11-9-17-6-5-13(11)15(18)20/h2-9H,10H2,1H3/q+1/i1D3. The number of fused-ring (bicyclic) bond motifs is 7. The summed E-state index contributed by atoms with van der Waals surface area (Å²) in [4.78, 5) is 4.17. The highest BCUT2D eigenvalue weighted by Crippen LogP contribution is 2.31. The monoisotopic (exact) mass is 264 g/mol. The van der Waals surface area contributed by atoms with Gasteiger partial charge in [0.05, 0.1) is 29.4 Å². The summed E-state index contributed by atoms with van der Waals surface area (Å²) in [6, 6.07) is 9.73. The minimum atomic E-state index is -2.24. The number of imidazole rings is 1. The minimum absolute atomic E-state index is 0.638. The first kappa shape index (κ1) is 7.85. The quantitative estimate of drug-likeness (QED) is 0.394. The lowest BCUT2D eigenvalue weighted by molar-refractivity contribution is -0.648. The van der Waals surface area contributed by atoms with Crippen LogP contribution < -0.4 is 4.57 Å². The van der Waals surface area contributed by atoms with Gasteiger partial charge in [0.2, 0.25) is 5.82 Å². The Hall–Kier alpha value is -2.62. The largest absolute Gasteiger partial charge is 0.273 e. The third-order valence-electron chi connectivity index (χ3n) is 4.07. The van der Waals surface area contributed by atoms with Crippen LogP contribution in [0.15, 0.2) is 48.9 Å². The van der Waals surface area contributed by atoms with Crippen molar-refractivity contribution in [3.63, 3.8) is 0 Å². The number of pyridine rings is 2. The summed E-state index contributed by atoms with van der Waals surface area (Å²) in [6.45, 7) is -1.60. The highest BCUT2D eigenvalue weighted by Gasteiger charge is 2.32. The van der Waals surface area contributed by atoms with Crippen LogP contribution in [-0.2, 0) is 13.5 Å². The lowest BCUT2D eigenvalue weighted by Gasteiger charge is -1.95. The average Bonchev–Trinajstić information content (AvgIpc) is 3.12. The molecule has 1 aliphatic heterocycles. The van der Waals surface area contributed by atoms with Gasteiger partial charge in [0.1, 0.15) is 5.52 Å². The fraction of sp³-hybridized carbons (Fsp3) is 0.125. The molecule has 0 spiro atoms. The minimum Gasteiger partial charge on any atom is -0.264 e. The van der Waals surface area contributed by atoms with E-state index in [1.807, 2.05) is 47.1 Å². The molecule has 0 unspecified atom stereocenters. The van der Waals surface area contributed by atoms with Crippen LogP contribution >= 0.6 is 0 Å². The van der Waals surface area contributed by atoms with Crippen LogP contribution in [0.3, 0.4) is 0 Å². The zero-order valence-corrected chi connectivity index (χ0v) is 10.6. The summed E-state index contributed by atoms with van der Waals surface area (Å²) < 4.78 is 29.6. The Kier molecular flexibility index (Phi) is 1.29. The van der Waals surface area contributed by atoms with Crippen molar-refractivity contribution >= 4 is 16.7 Å². The van der Waals surface area contributed by atoms with E-state index in [2.05, 4.69) is 9.55 Å². The molecule has 5 heterocycles. The van der Waals surface area contributed by atoms with Gasteiger partial charge in [-0.1, -0.05) is 6.07 Å². The van der Waals surface area contributed by atoms with Crippen LogP contribution in [0.25, 0.3) is 28.1 Å². The van der Waals surface area contributed by atoms with E-state index in [-0.39, 0.29) is 0 Å². The number of aromatic nitrogens is 4. The Balaban J connectivity index is 2.01. The molecule has 0 aromatic carbocycles. The number of hydrogen-bond donors (Lipinski definition) is 0. The average molecular weight is 264 g/mol. The van der Waals surface area contributed by atoms with Crippen LogP contribution in [0.5, 0.6) is 0 Å². The second-order valence-electron chi connectivity index (χ2n) is 5.13. The summed E-state index contributed by atoms with van der Waals surface area (Å²) in [5.74, 6) is 0.727. The summed E-state index contributed by atoms with van der Waals surface area (Å²) in [7, 11) is 0. The van der Waals surface area contributed by atoms with Gasteiger partial charge < -0.3 is 0 Å². The van der Waals surface area contributed by atoms with Crippen molar-refractivity contribution < 1.29 is 8.68 Å². The summed E-state index contributed by atoms with van der Waals surface area (Å²) in [5, 5.41) is 0. The second kappa shape index (κ2) is 3.28. The third kappa shape index (κ3) is 1.04. The summed E-state index contributed by atoms with van der Waals surface area (Å²) in [6.07, 6.45) is 5.49. The normalized spacial score (nSPS) is 15.9. The molecular formula is C16H13N4+. The van der Waals surface area contributed by atoms with Gasteiger partial charge in [-0.25, -0.2) is 8.97 Å². The molecule has 0 radical (unpaired) electrons. The first-order valence-electron chi connectivity index (χ1n) is 8.04. The van der Waals surface area contributed by atoms with Crippen LogP contribution in [0, 0.1) is 0 Å². The van der Waals surface area contributed by atoms with E-state index in [4.69, 9.17) is 4.11 Å². The zero-order chi connectivity index (χ0) is 15.8. The fourth-order valence-corrected chi connectivity index (χ4v) is 3.22. The van der Waals surface area contributed by atoms with Crippen molar-refractivity contribution in [1.29, 1.82) is 0 Å². The first-order chi connectivity index (χ1) is 11.1. The molecule has 20 heavy (non-hydrogen) atoms. The second-order valence-corrected chi connectivity index (χ2v) is 5.13. The van der Waals surface area contributed by atoms with E-state index in [1.165, 1.54) is 4.57 Å². The van der Waals surface area contributed by atoms with Crippen molar-refractivity contribution in [2.45, 2.75) is 6.54 Å². The maximum absolute atomic E-state index is 8.01. The van der Waals surface area contributed by atoms with E-state index >= 15 is 0 Å². The van der Waals surface area contributed by atoms with Gasteiger partial charge in [-0.3, -0.25) is 9.55 Å². The molecule has 0 N–H and O–H groups in total. The Morgan fingerprint density at radius 2 is 2.35 bits per heavy atom. The van der Waals surface area contributed by atoms with E-state index in [1.54, 1.807) is 6.20 Å². The fourth-order valence-electron chi connectivity index (χ4n) is 3.22. The Morgan fingerprint density at radius 3 is 3.30 bits per heavy atom. The number of rotatable bonds is 0. The van der Waals surface area contributed by atoms with E-state index < -0.39 is 6.98 Å². The third-order valence-corrected chi connectivity index (χ3v) is 4.07. The molecule has 5 rings (SSSR count). The van der Waals surface area contributed by atoms with Crippen LogP contribution in [-0.4, -0.2) is 14.0 Å². The van der Waals surface area contributed by atoms with Gasteiger partial charge in [0, 0.05) is 24.0 Å². The van der Waals surface area contributed by atoms with E-state index in [0.29, 0.717) is 6.54 Å². The molecule has 0 fully saturated rings. The highest BCUT2D eigenvalue weighted by molar-refractivity contribution is 5.82. The summed E-state index contributed by atoms with van der Waals surface area (Å²) in [5.41, 5.74) is 4.61. The molecule has 4 aromatic rings. The maximum Gasteiger partial charge on any atom is 0.273 e. The molecule has 0 saturated heterocycles. The van der Waals surface area contributed by atoms with E-state index in [0.717, 1.165) is 33.6 Å². The Bertz CT molecular complexity index is 1090. The molecule has 1 aliphatic rings. The van der Waals surface area contributed by atoms with Gasteiger partial charge >= 0.3 is 0 Å². The number of nitrogens with zero attached hydrogens (tertiary/aromatic N) is 4. The molecule has 4 heteroatoms. The molecule has 0 amide bonds. The highest BCUT2D eigenvalue weighted by atomic mass is 15.2. The first-order valence-corrected chi connectivity index (χ1v) is 6.54.